The molecule has 2 aliphatic rings. The maximum Gasteiger partial charge on any atom is 0.410 e. The molecule has 6 nitrogen and oxygen atoms in total. The Morgan fingerprint density at radius 1 is 1.42 bits per heavy atom. The number of morpholine rings is 1. The van der Waals surface area contributed by atoms with Gasteiger partial charge >= 0.3 is 6.09 Å². The molecule has 2 fully saturated rings. The first kappa shape index (κ1) is 14.6. The lowest BCUT2D eigenvalue weighted by molar-refractivity contribution is -0.195. The lowest BCUT2D eigenvalue weighted by atomic mass is 10.2. The van der Waals surface area contributed by atoms with Gasteiger partial charge in [-0.25, -0.2) is 4.79 Å². The van der Waals surface area contributed by atoms with Crippen LogP contribution in [-0.4, -0.2) is 61.8 Å². The number of hydrogen-bond acceptors (Lipinski definition) is 5. The SMILES string of the molecule is CC(C)(C)OC(=O)N1CCOC(OC2CCNC2)C1. The lowest BCUT2D eigenvalue weighted by Crippen LogP contribution is -2.49. The van der Waals surface area contributed by atoms with Crippen molar-refractivity contribution in [3.05, 3.63) is 0 Å². The predicted molar refractivity (Wildman–Crippen MR) is 69.9 cm³/mol. The molecule has 2 rings (SSSR count). The van der Waals surface area contributed by atoms with Gasteiger partial charge in [-0.3, -0.25) is 0 Å². The van der Waals surface area contributed by atoms with Gasteiger partial charge in [-0.2, -0.15) is 0 Å². The first-order valence-electron chi connectivity index (χ1n) is 6.90. The van der Waals surface area contributed by atoms with Gasteiger partial charge < -0.3 is 24.4 Å². The Labute approximate surface area is 114 Å². The molecular formula is C13H24N2O4. The number of nitrogens with one attached hydrogen (secondary N) is 1. The second-order valence-electron chi connectivity index (χ2n) is 5.98. The van der Waals surface area contributed by atoms with Gasteiger partial charge in [0.1, 0.15) is 5.60 Å². The van der Waals surface area contributed by atoms with E-state index >= 15 is 0 Å². The smallest absolute Gasteiger partial charge is 0.410 e. The molecule has 0 aromatic heterocycles. The van der Waals surface area contributed by atoms with Crippen molar-refractivity contribution in [3.8, 4) is 0 Å². The van der Waals surface area contributed by atoms with Gasteiger partial charge in [-0.1, -0.05) is 0 Å². The first-order valence-corrected chi connectivity index (χ1v) is 6.90. The highest BCUT2D eigenvalue weighted by molar-refractivity contribution is 5.68. The molecule has 0 bridgehead atoms. The first-order chi connectivity index (χ1) is 8.94. The molecule has 0 radical (unpaired) electrons. The number of rotatable bonds is 2. The minimum Gasteiger partial charge on any atom is -0.444 e. The average molecular weight is 272 g/mol. The number of ether oxygens (including phenoxy) is 3. The Hall–Kier alpha value is -0.850. The van der Waals surface area contributed by atoms with Crippen molar-refractivity contribution < 1.29 is 19.0 Å². The van der Waals surface area contributed by atoms with Crippen LogP contribution in [0, 0.1) is 0 Å². The molecule has 110 valence electrons. The van der Waals surface area contributed by atoms with Crippen molar-refractivity contribution in [2.75, 3.05) is 32.8 Å². The summed E-state index contributed by atoms with van der Waals surface area (Å²) in [6.45, 7) is 8.91. The Morgan fingerprint density at radius 2 is 2.21 bits per heavy atom. The second kappa shape index (κ2) is 6.07. The number of amides is 1. The zero-order valence-corrected chi connectivity index (χ0v) is 12.0. The monoisotopic (exact) mass is 272 g/mol. The van der Waals surface area contributed by atoms with Crippen LogP contribution in [0.4, 0.5) is 4.79 Å². The number of carbonyl (C=O) groups excluding carboxylic acids is 1. The van der Waals surface area contributed by atoms with Crippen LogP contribution in [-0.2, 0) is 14.2 Å². The van der Waals surface area contributed by atoms with Crippen molar-refractivity contribution in [2.24, 2.45) is 0 Å². The van der Waals surface area contributed by atoms with Crippen molar-refractivity contribution in [3.63, 3.8) is 0 Å². The lowest BCUT2D eigenvalue weighted by Gasteiger charge is -2.34. The third kappa shape index (κ3) is 4.63. The normalized spacial score (nSPS) is 28.5. The van der Waals surface area contributed by atoms with Gasteiger partial charge in [0.2, 0.25) is 0 Å². The van der Waals surface area contributed by atoms with Crippen molar-refractivity contribution in [1.82, 2.24) is 10.2 Å². The summed E-state index contributed by atoms with van der Waals surface area (Å²) in [4.78, 5) is 13.6. The summed E-state index contributed by atoms with van der Waals surface area (Å²) in [7, 11) is 0. The third-order valence-electron chi connectivity index (χ3n) is 3.05. The van der Waals surface area contributed by atoms with Gasteiger partial charge in [0.15, 0.2) is 6.29 Å². The number of carbonyl (C=O) groups is 1. The van der Waals surface area contributed by atoms with E-state index in [9.17, 15) is 4.79 Å². The number of hydrogen-bond donors (Lipinski definition) is 1. The standard InChI is InChI=1S/C13H24N2O4/c1-13(2,3)19-12(16)15-6-7-17-11(9-15)18-10-4-5-14-8-10/h10-11,14H,4-9H2,1-3H3. The fourth-order valence-corrected chi connectivity index (χ4v) is 2.15. The summed E-state index contributed by atoms with van der Waals surface area (Å²) in [5, 5.41) is 3.24. The van der Waals surface area contributed by atoms with E-state index in [1.807, 2.05) is 20.8 Å². The van der Waals surface area contributed by atoms with Gasteiger partial charge in [0, 0.05) is 13.1 Å². The summed E-state index contributed by atoms with van der Waals surface area (Å²) >= 11 is 0. The molecule has 0 spiro atoms. The summed E-state index contributed by atoms with van der Waals surface area (Å²) in [6.07, 6.45) is 0.537. The van der Waals surface area contributed by atoms with Crippen LogP contribution in [0.15, 0.2) is 0 Å². The van der Waals surface area contributed by atoms with Crippen LogP contribution < -0.4 is 5.32 Å². The average Bonchev–Trinajstić information content (AvgIpc) is 2.80. The molecule has 2 saturated heterocycles. The summed E-state index contributed by atoms with van der Waals surface area (Å²) in [5.74, 6) is 0. The van der Waals surface area contributed by atoms with Gasteiger partial charge in [0.25, 0.3) is 0 Å². The molecule has 2 heterocycles. The maximum atomic E-state index is 12.0. The van der Waals surface area contributed by atoms with Gasteiger partial charge in [-0.05, 0) is 33.7 Å². The zero-order valence-electron chi connectivity index (χ0n) is 12.0. The van der Waals surface area contributed by atoms with E-state index in [1.54, 1.807) is 4.90 Å². The molecule has 0 aromatic carbocycles. The fourth-order valence-electron chi connectivity index (χ4n) is 2.15. The van der Waals surface area contributed by atoms with Crippen LogP contribution in [0.3, 0.4) is 0 Å². The van der Waals surface area contributed by atoms with E-state index in [-0.39, 0.29) is 18.5 Å². The summed E-state index contributed by atoms with van der Waals surface area (Å²) in [5.41, 5.74) is -0.471. The second-order valence-corrected chi connectivity index (χ2v) is 5.98. The van der Waals surface area contributed by atoms with Crippen LogP contribution in [0.2, 0.25) is 0 Å². The third-order valence-corrected chi connectivity index (χ3v) is 3.05. The molecule has 2 aliphatic heterocycles. The maximum absolute atomic E-state index is 12.0. The zero-order chi connectivity index (χ0) is 13.9. The topological polar surface area (TPSA) is 60.0 Å². The Morgan fingerprint density at radius 3 is 2.84 bits per heavy atom. The Bertz CT molecular complexity index is 310. The fraction of sp³-hybridized carbons (Fsp3) is 0.923. The van der Waals surface area contributed by atoms with E-state index in [0.717, 1.165) is 19.5 Å². The Kier molecular flexibility index (Phi) is 4.65. The van der Waals surface area contributed by atoms with E-state index in [1.165, 1.54) is 0 Å². The van der Waals surface area contributed by atoms with E-state index in [2.05, 4.69) is 5.32 Å². The molecule has 0 saturated carbocycles. The highest BCUT2D eigenvalue weighted by Crippen LogP contribution is 2.15. The van der Waals surface area contributed by atoms with Crippen LogP contribution in [0.5, 0.6) is 0 Å². The van der Waals surface area contributed by atoms with E-state index < -0.39 is 5.60 Å². The number of nitrogens with zero attached hydrogens (tertiary/aromatic N) is 1. The minimum atomic E-state index is -0.471. The molecule has 1 amide bonds. The van der Waals surface area contributed by atoms with Crippen LogP contribution in [0.25, 0.3) is 0 Å². The van der Waals surface area contributed by atoms with E-state index in [4.69, 9.17) is 14.2 Å². The van der Waals surface area contributed by atoms with Crippen molar-refractivity contribution in [1.29, 1.82) is 0 Å². The molecular weight excluding hydrogens is 248 g/mol. The molecule has 19 heavy (non-hydrogen) atoms. The summed E-state index contributed by atoms with van der Waals surface area (Å²) < 4.78 is 16.7. The van der Waals surface area contributed by atoms with Crippen molar-refractivity contribution >= 4 is 6.09 Å². The minimum absolute atomic E-state index is 0.184. The highest BCUT2D eigenvalue weighted by Gasteiger charge is 2.30. The molecule has 0 aliphatic carbocycles. The summed E-state index contributed by atoms with van der Waals surface area (Å²) in [6, 6.07) is 0. The van der Waals surface area contributed by atoms with E-state index in [0.29, 0.717) is 19.7 Å². The van der Waals surface area contributed by atoms with Gasteiger partial charge in [0.05, 0.1) is 19.3 Å². The molecule has 1 N–H and O–H groups in total. The molecule has 2 unspecified atom stereocenters. The van der Waals surface area contributed by atoms with Gasteiger partial charge in [-0.15, -0.1) is 0 Å². The van der Waals surface area contributed by atoms with Crippen LogP contribution >= 0.6 is 0 Å². The highest BCUT2D eigenvalue weighted by atomic mass is 16.7. The quantitative estimate of drug-likeness (QED) is 0.811. The largest absolute Gasteiger partial charge is 0.444 e. The molecule has 2 atom stereocenters. The molecule has 0 aromatic rings. The van der Waals surface area contributed by atoms with Crippen molar-refractivity contribution in [2.45, 2.75) is 45.2 Å². The molecule has 6 heteroatoms. The Balaban J connectivity index is 1.80. The van der Waals surface area contributed by atoms with Crippen LogP contribution in [0.1, 0.15) is 27.2 Å². The predicted octanol–water partition coefficient (Wildman–Crippen LogP) is 0.958.